The number of nitro benzene ring substituents is 1. The first kappa shape index (κ1) is 13.9. The average Bonchev–Trinajstić information content (AvgIpc) is 2.34. The Balaban J connectivity index is 3.08. The number of para-hydroxylation sites is 1. The Morgan fingerprint density at radius 3 is 2.67 bits per heavy atom. The molecule has 18 heavy (non-hydrogen) atoms. The number of nitro groups is 1. The van der Waals surface area contributed by atoms with Gasteiger partial charge < -0.3 is 10.7 Å². The fraction of sp³-hybridized carbons (Fsp3) is 0.364. The van der Waals surface area contributed by atoms with Gasteiger partial charge in [-0.1, -0.05) is 19.9 Å². The average molecular weight is 252 g/mol. The van der Waals surface area contributed by atoms with E-state index in [1.54, 1.807) is 0 Å². The predicted octanol–water partition coefficient (Wildman–Crippen LogP) is 1.27. The molecule has 0 saturated carbocycles. The van der Waals surface area contributed by atoms with E-state index in [1.165, 1.54) is 18.2 Å². The number of rotatable bonds is 5. The second-order valence-corrected chi connectivity index (χ2v) is 4.21. The highest BCUT2D eigenvalue weighted by atomic mass is 16.6. The third-order valence-electron chi connectivity index (χ3n) is 2.29. The summed E-state index contributed by atoms with van der Waals surface area (Å²) in [6.07, 6.45) is 0. The van der Waals surface area contributed by atoms with Crippen molar-refractivity contribution in [2.75, 3.05) is 12.0 Å². The monoisotopic (exact) mass is 252 g/mol. The zero-order valence-corrected chi connectivity index (χ0v) is 10.3. The van der Waals surface area contributed by atoms with Gasteiger partial charge in [0.15, 0.2) is 0 Å². The van der Waals surface area contributed by atoms with Gasteiger partial charge in [0, 0.05) is 6.54 Å². The van der Waals surface area contributed by atoms with Crippen molar-refractivity contribution >= 4 is 17.3 Å². The number of benzene rings is 1. The van der Waals surface area contributed by atoms with Crippen molar-refractivity contribution in [3.05, 3.63) is 33.9 Å². The van der Waals surface area contributed by atoms with E-state index in [1.807, 2.05) is 13.8 Å². The second kappa shape index (κ2) is 5.97. The number of hydrogen-bond acceptors (Lipinski definition) is 5. The molecule has 0 bridgehead atoms. The van der Waals surface area contributed by atoms with E-state index in [-0.39, 0.29) is 22.9 Å². The van der Waals surface area contributed by atoms with Gasteiger partial charge in [0.2, 0.25) is 0 Å². The molecule has 1 aromatic carbocycles. The van der Waals surface area contributed by atoms with E-state index < -0.39 is 10.8 Å². The van der Waals surface area contributed by atoms with Crippen LogP contribution >= 0.6 is 0 Å². The maximum Gasteiger partial charge on any atom is 0.306 e. The van der Waals surface area contributed by atoms with Gasteiger partial charge in [-0.3, -0.25) is 20.8 Å². The highest BCUT2D eigenvalue weighted by Gasteiger charge is 2.23. The van der Waals surface area contributed by atoms with Gasteiger partial charge in [0.25, 0.3) is 5.91 Å². The number of nitrogens with zero attached hydrogens (tertiary/aromatic N) is 1. The van der Waals surface area contributed by atoms with Gasteiger partial charge in [-0.15, -0.1) is 0 Å². The number of nitrogens with one attached hydrogen (secondary N) is 2. The largest absolute Gasteiger partial charge is 0.352 e. The van der Waals surface area contributed by atoms with Crippen LogP contribution in [-0.2, 0) is 0 Å². The van der Waals surface area contributed by atoms with Crippen molar-refractivity contribution in [2.45, 2.75) is 13.8 Å². The van der Waals surface area contributed by atoms with Crippen LogP contribution in [-0.4, -0.2) is 17.4 Å². The molecular formula is C11H16N4O3. The maximum absolute atomic E-state index is 11.9. The topological polar surface area (TPSA) is 110 Å². The van der Waals surface area contributed by atoms with Crippen molar-refractivity contribution in [1.29, 1.82) is 0 Å². The van der Waals surface area contributed by atoms with E-state index in [2.05, 4.69) is 10.7 Å². The second-order valence-electron chi connectivity index (χ2n) is 4.21. The number of nitrogens with two attached hydrogens (primary N) is 1. The lowest BCUT2D eigenvalue weighted by molar-refractivity contribution is -0.384. The fourth-order valence-electron chi connectivity index (χ4n) is 1.43. The summed E-state index contributed by atoms with van der Waals surface area (Å²) in [6, 6.07) is 4.37. The summed E-state index contributed by atoms with van der Waals surface area (Å²) in [5.74, 6) is 4.98. The molecule has 0 aliphatic heterocycles. The van der Waals surface area contributed by atoms with Crippen LogP contribution in [0.5, 0.6) is 0 Å². The summed E-state index contributed by atoms with van der Waals surface area (Å²) >= 11 is 0. The van der Waals surface area contributed by atoms with Gasteiger partial charge in [-0.2, -0.15) is 0 Å². The lowest BCUT2D eigenvalue weighted by Gasteiger charge is -2.09. The number of hydrogen-bond donors (Lipinski definition) is 3. The van der Waals surface area contributed by atoms with Crippen LogP contribution in [0.1, 0.15) is 24.2 Å². The van der Waals surface area contributed by atoms with Crippen molar-refractivity contribution in [3.8, 4) is 0 Å². The fourth-order valence-corrected chi connectivity index (χ4v) is 1.43. The number of nitrogen functional groups attached to an aromatic ring is 1. The minimum absolute atomic E-state index is 0.00361. The van der Waals surface area contributed by atoms with Crippen molar-refractivity contribution in [3.63, 3.8) is 0 Å². The highest BCUT2D eigenvalue weighted by molar-refractivity contribution is 6.00. The number of carbonyl (C=O) groups is 1. The van der Waals surface area contributed by atoms with Crippen LogP contribution in [0, 0.1) is 16.0 Å². The third-order valence-corrected chi connectivity index (χ3v) is 2.29. The SMILES string of the molecule is CC(C)CNC(=O)c1cccc(NN)c1[N+](=O)[O-]. The molecule has 0 aromatic heterocycles. The summed E-state index contributed by atoms with van der Waals surface area (Å²) in [5, 5.41) is 13.6. The molecule has 7 nitrogen and oxygen atoms in total. The van der Waals surface area contributed by atoms with Gasteiger partial charge in [0.1, 0.15) is 11.3 Å². The first-order chi connectivity index (χ1) is 8.47. The zero-order valence-electron chi connectivity index (χ0n) is 10.3. The molecule has 1 amide bonds. The number of hydrazine groups is 1. The Hall–Kier alpha value is -2.15. The van der Waals surface area contributed by atoms with Crippen LogP contribution in [0.25, 0.3) is 0 Å². The molecular weight excluding hydrogens is 236 g/mol. The Morgan fingerprint density at radius 2 is 2.17 bits per heavy atom. The smallest absolute Gasteiger partial charge is 0.306 e. The van der Waals surface area contributed by atoms with E-state index in [0.717, 1.165) is 0 Å². The van der Waals surface area contributed by atoms with E-state index in [0.29, 0.717) is 6.54 Å². The molecule has 98 valence electrons. The first-order valence-electron chi connectivity index (χ1n) is 5.49. The normalized spacial score (nSPS) is 10.2. The van der Waals surface area contributed by atoms with Crippen LogP contribution in [0.4, 0.5) is 11.4 Å². The molecule has 0 aliphatic rings. The Labute approximate surface area is 104 Å². The van der Waals surface area contributed by atoms with E-state index >= 15 is 0 Å². The summed E-state index contributed by atoms with van der Waals surface area (Å²) in [6.45, 7) is 4.33. The third kappa shape index (κ3) is 3.17. The van der Waals surface area contributed by atoms with Crippen molar-refractivity contribution < 1.29 is 9.72 Å². The van der Waals surface area contributed by atoms with Gasteiger partial charge in [-0.05, 0) is 18.1 Å². The molecule has 7 heteroatoms. The molecule has 0 atom stereocenters. The molecule has 0 unspecified atom stereocenters. The molecule has 0 radical (unpaired) electrons. The highest BCUT2D eigenvalue weighted by Crippen LogP contribution is 2.27. The standard InChI is InChI=1S/C11H16N4O3/c1-7(2)6-13-11(16)8-4-3-5-9(14-12)10(8)15(17)18/h3-5,7,14H,6,12H2,1-2H3,(H,13,16). The van der Waals surface area contributed by atoms with Gasteiger partial charge in [-0.25, -0.2) is 0 Å². The Morgan fingerprint density at radius 1 is 1.50 bits per heavy atom. The van der Waals surface area contributed by atoms with Gasteiger partial charge >= 0.3 is 5.69 Å². The zero-order chi connectivity index (χ0) is 13.7. The Bertz CT molecular complexity index is 460. The predicted molar refractivity (Wildman–Crippen MR) is 68.1 cm³/mol. The van der Waals surface area contributed by atoms with Crippen molar-refractivity contribution in [1.82, 2.24) is 5.32 Å². The lowest BCUT2D eigenvalue weighted by Crippen LogP contribution is -2.28. The number of amides is 1. The summed E-state index contributed by atoms with van der Waals surface area (Å²) in [7, 11) is 0. The molecule has 0 saturated heterocycles. The molecule has 1 aromatic rings. The molecule has 4 N–H and O–H groups in total. The summed E-state index contributed by atoms with van der Waals surface area (Å²) in [5.41, 5.74) is 2.00. The van der Waals surface area contributed by atoms with Crippen LogP contribution < -0.4 is 16.6 Å². The lowest BCUT2D eigenvalue weighted by atomic mass is 10.1. The Kier molecular flexibility index (Phi) is 4.61. The minimum atomic E-state index is -0.626. The number of anilines is 1. The molecule has 0 aliphatic carbocycles. The van der Waals surface area contributed by atoms with Crippen LogP contribution in [0.3, 0.4) is 0 Å². The van der Waals surface area contributed by atoms with E-state index in [4.69, 9.17) is 5.84 Å². The molecule has 0 heterocycles. The number of carbonyl (C=O) groups excluding carboxylic acids is 1. The summed E-state index contributed by atoms with van der Waals surface area (Å²) in [4.78, 5) is 22.2. The van der Waals surface area contributed by atoms with Crippen molar-refractivity contribution in [2.24, 2.45) is 11.8 Å². The molecule has 0 fully saturated rings. The first-order valence-corrected chi connectivity index (χ1v) is 5.49. The van der Waals surface area contributed by atoms with E-state index in [9.17, 15) is 14.9 Å². The minimum Gasteiger partial charge on any atom is -0.352 e. The molecule has 1 rings (SSSR count). The van der Waals surface area contributed by atoms with Crippen LogP contribution in [0.15, 0.2) is 18.2 Å². The maximum atomic E-state index is 11.9. The quantitative estimate of drug-likeness (QED) is 0.415. The molecule has 0 spiro atoms. The summed E-state index contributed by atoms with van der Waals surface area (Å²) < 4.78 is 0. The van der Waals surface area contributed by atoms with Gasteiger partial charge in [0.05, 0.1) is 4.92 Å². The van der Waals surface area contributed by atoms with Crippen LogP contribution in [0.2, 0.25) is 0 Å².